The van der Waals surface area contributed by atoms with E-state index in [2.05, 4.69) is 4.98 Å². The largest absolute Gasteiger partial charge is 0.382 e. The molecule has 1 amide bonds. The Hall–Kier alpha value is -0.750. The summed E-state index contributed by atoms with van der Waals surface area (Å²) in [5.41, 5.74) is -0.0361. The Morgan fingerprint density at radius 3 is 2.85 bits per heavy atom. The Morgan fingerprint density at radius 2 is 2.30 bits per heavy atom. The lowest BCUT2D eigenvalue weighted by Gasteiger charge is -2.42. The van der Waals surface area contributed by atoms with Gasteiger partial charge in [-0.1, -0.05) is 23.2 Å². The summed E-state index contributed by atoms with van der Waals surface area (Å²) < 4.78 is 11.0. The maximum Gasteiger partial charge on any atom is 0.270 e. The Balaban J connectivity index is 2.15. The van der Waals surface area contributed by atoms with Crippen molar-refractivity contribution in [2.75, 3.05) is 26.8 Å². The maximum absolute atomic E-state index is 12.5. The second-order valence-electron chi connectivity index (χ2n) is 5.49. The van der Waals surface area contributed by atoms with Gasteiger partial charge in [0.05, 0.1) is 23.3 Å². The number of halogens is 2. The van der Waals surface area contributed by atoms with Crippen LogP contribution in [0.4, 0.5) is 0 Å². The molecule has 1 aliphatic heterocycles. The van der Waals surface area contributed by atoms with Crippen LogP contribution in [0.25, 0.3) is 0 Å². The van der Waals surface area contributed by atoms with Crippen molar-refractivity contribution in [1.82, 2.24) is 9.88 Å². The molecule has 1 aromatic rings. The number of carbonyl (C=O) groups is 1. The number of carbonyl (C=O) groups excluding carboxylic acids is 1. The Kier molecular flexibility index (Phi) is 4.64. The summed E-state index contributed by atoms with van der Waals surface area (Å²) in [6.45, 7) is 5.32. The first-order valence-corrected chi connectivity index (χ1v) is 7.08. The van der Waals surface area contributed by atoms with Crippen molar-refractivity contribution >= 4 is 29.1 Å². The zero-order chi connectivity index (χ0) is 14.9. The SMILES string of the molecule is COCC1CN(C(=O)c2cc(Cl)c(Cl)[nH]2)CC(C)(C)O1. The number of amides is 1. The van der Waals surface area contributed by atoms with Crippen LogP contribution in [-0.2, 0) is 9.47 Å². The van der Waals surface area contributed by atoms with Crippen LogP contribution in [0, 0.1) is 0 Å². The number of nitrogens with zero attached hydrogens (tertiary/aromatic N) is 1. The fourth-order valence-electron chi connectivity index (χ4n) is 2.41. The van der Waals surface area contributed by atoms with E-state index in [-0.39, 0.29) is 17.2 Å². The topological polar surface area (TPSA) is 54.6 Å². The van der Waals surface area contributed by atoms with Crippen molar-refractivity contribution in [3.8, 4) is 0 Å². The number of methoxy groups -OCH3 is 1. The van der Waals surface area contributed by atoms with E-state index in [1.807, 2.05) is 13.8 Å². The molecule has 1 aromatic heterocycles. The van der Waals surface area contributed by atoms with E-state index in [0.29, 0.717) is 30.4 Å². The third-order valence-corrected chi connectivity index (χ3v) is 3.77. The van der Waals surface area contributed by atoms with Crippen molar-refractivity contribution in [2.45, 2.75) is 25.6 Å². The molecule has 112 valence electrons. The molecule has 0 saturated carbocycles. The van der Waals surface area contributed by atoms with Gasteiger partial charge in [0.2, 0.25) is 0 Å². The molecule has 1 N–H and O–H groups in total. The van der Waals surface area contributed by atoms with Crippen molar-refractivity contribution in [2.24, 2.45) is 0 Å². The van der Waals surface area contributed by atoms with Gasteiger partial charge >= 0.3 is 0 Å². The van der Waals surface area contributed by atoms with E-state index < -0.39 is 5.60 Å². The zero-order valence-corrected chi connectivity index (χ0v) is 13.2. The number of hydrogen-bond acceptors (Lipinski definition) is 3. The van der Waals surface area contributed by atoms with Gasteiger partial charge in [-0.15, -0.1) is 0 Å². The summed E-state index contributed by atoms with van der Waals surface area (Å²) in [6, 6.07) is 1.54. The first kappa shape index (κ1) is 15.6. The van der Waals surface area contributed by atoms with E-state index in [0.717, 1.165) is 0 Å². The van der Waals surface area contributed by atoms with E-state index in [1.54, 1.807) is 18.1 Å². The summed E-state index contributed by atoms with van der Waals surface area (Å²) >= 11 is 11.7. The van der Waals surface area contributed by atoms with Crippen LogP contribution in [0.3, 0.4) is 0 Å². The van der Waals surface area contributed by atoms with E-state index in [4.69, 9.17) is 32.7 Å². The lowest BCUT2D eigenvalue weighted by Crippen LogP contribution is -2.55. The minimum Gasteiger partial charge on any atom is -0.382 e. The number of aromatic nitrogens is 1. The van der Waals surface area contributed by atoms with Gasteiger partial charge < -0.3 is 19.4 Å². The first-order valence-electron chi connectivity index (χ1n) is 6.32. The maximum atomic E-state index is 12.5. The monoisotopic (exact) mass is 320 g/mol. The second-order valence-corrected chi connectivity index (χ2v) is 6.27. The summed E-state index contributed by atoms with van der Waals surface area (Å²) in [4.78, 5) is 17.0. The molecule has 0 aromatic carbocycles. The number of rotatable bonds is 3. The Labute approximate surface area is 128 Å². The van der Waals surface area contributed by atoms with Gasteiger partial charge in [-0.3, -0.25) is 4.79 Å². The highest BCUT2D eigenvalue weighted by Gasteiger charge is 2.36. The standard InChI is InChI=1S/C13H18Cl2N2O3/c1-13(2)7-17(5-8(20-13)6-19-3)12(18)10-4-9(14)11(15)16-10/h4,8,16H,5-7H2,1-3H3. The van der Waals surface area contributed by atoms with Crippen LogP contribution in [0.1, 0.15) is 24.3 Å². The molecule has 0 aliphatic carbocycles. The predicted molar refractivity (Wildman–Crippen MR) is 77.5 cm³/mol. The van der Waals surface area contributed by atoms with Crippen LogP contribution in [0.2, 0.25) is 10.2 Å². The number of ether oxygens (including phenoxy) is 2. The second kappa shape index (κ2) is 5.93. The predicted octanol–water partition coefficient (Wildman–Crippen LogP) is 2.59. The molecule has 20 heavy (non-hydrogen) atoms. The molecule has 2 rings (SSSR count). The minimum absolute atomic E-state index is 0.142. The minimum atomic E-state index is -0.419. The lowest BCUT2D eigenvalue weighted by atomic mass is 10.0. The molecule has 1 unspecified atom stereocenters. The molecule has 7 heteroatoms. The van der Waals surface area contributed by atoms with Crippen LogP contribution in [0.15, 0.2) is 6.07 Å². The number of morpholine rings is 1. The fourth-order valence-corrected chi connectivity index (χ4v) is 2.73. The summed E-state index contributed by atoms with van der Waals surface area (Å²) in [7, 11) is 1.61. The highest BCUT2D eigenvalue weighted by molar-refractivity contribution is 6.41. The molecular formula is C13H18Cl2N2O3. The highest BCUT2D eigenvalue weighted by atomic mass is 35.5. The van der Waals surface area contributed by atoms with Crippen molar-refractivity contribution in [3.63, 3.8) is 0 Å². The molecule has 1 atom stereocenters. The summed E-state index contributed by atoms with van der Waals surface area (Å²) in [5.74, 6) is -0.142. The van der Waals surface area contributed by atoms with Crippen LogP contribution in [0.5, 0.6) is 0 Å². The smallest absolute Gasteiger partial charge is 0.270 e. The number of aromatic amines is 1. The number of nitrogens with one attached hydrogen (secondary N) is 1. The van der Waals surface area contributed by atoms with Gasteiger partial charge in [-0.25, -0.2) is 0 Å². The van der Waals surface area contributed by atoms with Gasteiger partial charge in [0, 0.05) is 20.2 Å². The third-order valence-electron chi connectivity index (χ3n) is 3.08. The Morgan fingerprint density at radius 1 is 1.60 bits per heavy atom. The summed E-state index contributed by atoms with van der Waals surface area (Å²) in [6.07, 6.45) is -0.145. The van der Waals surface area contributed by atoms with Crippen LogP contribution in [-0.4, -0.2) is 54.3 Å². The average Bonchev–Trinajstić information content (AvgIpc) is 2.67. The van der Waals surface area contributed by atoms with Crippen LogP contribution >= 0.6 is 23.2 Å². The van der Waals surface area contributed by atoms with Gasteiger partial charge in [-0.05, 0) is 19.9 Å². The Bertz CT molecular complexity index is 482. The summed E-state index contributed by atoms with van der Waals surface area (Å²) in [5, 5.41) is 0.618. The molecule has 0 spiro atoms. The molecule has 1 fully saturated rings. The van der Waals surface area contributed by atoms with Crippen molar-refractivity contribution < 1.29 is 14.3 Å². The van der Waals surface area contributed by atoms with Gasteiger partial charge in [-0.2, -0.15) is 0 Å². The molecule has 2 heterocycles. The number of H-pyrrole nitrogens is 1. The van der Waals surface area contributed by atoms with Gasteiger partial charge in [0.1, 0.15) is 10.8 Å². The first-order chi connectivity index (χ1) is 9.32. The average molecular weight is 321 g/mol. The third kappa shape index (κ3) is 3.47. The van der Waals surface area contributed by atoms with Crippen molar-refractivity contribution in [3.05, 3.63) is 21.9 Å². The fraction of sp³-hybridized carbons (Fsp3) is 0.615. The zero-order valence-electron chi connectivity index (χ0n) is 11.7. The van der Waals surface area contributed by atoms with Gasteiger partial charge in [0.25, 0.3) is 5.91 Å². The number of hydrogen-bond donors (Lipinski definition) is 1. The molecule has 0 radical (unpaired) electrons. The van der Waals surface area contributed by atoms with Crippen molar-refractivity contribution in [1.29, 1.82) is 0 Å². The quantitative estimate of drug-likeness (QED) is 0.931. The van der Waals surface area contributed by atoms with Gasteiger partial charge in [0.15, 0.2) is 0 Å². The molecule has 0 bridgehead atoms. The van der Waals surface area contributed by atoms with E-state index in [1.165, 1.54) is 0 Å². The lowest BCUT2D eigenvalue weighted by molar-refractivity contribution is -0.143. The normalized spacial score (nSPS) is 22.1. The van der Waals surface area contributed by atoms with E-state index >= 15 is 0 Å². The molecule has 1 saturated heterocycles. The van der Waals surface area contributed by atoms with Crippen LogP contribution < -0.4 is 0 Å². The molecular weight excluding hydrogens is 303 g/mol. The molecule has 1 aliphatic rings. The van der Waals surface area contributed by atoms with E-state index in [9.17, 15) is 4.79 Å². The molecule has 5 nitrogen and oxygen atoms in total. The highest BCUT2D eigenvalue weighted by Crippen LogP contribution is 2.26.